The number of carbonyl (C=O) groups is 1. The molecule has 20 heavy (non-hydrogen) atoms. The quantitative estimate of drug-likeness (QED) is 0.718. The predicted octanol–water partition coefficient (Wildman–Crippen LogP) is 0.551. The van der Waals surface area contributed by atoms with Gasteiger partial charge >= 0.3 is 5.97 Å². The highest BCUT2D eigenvalue weighted by molar-refractivity contribution is 7.98. The molecule has 0 spiro atoms. The lowest BCUT2D eigenvalue weighted by molar-refractivity contribution is -0.136. The first kappa shape index (κ1) is 14.5. The molecule has 7 nitrogen and oxygen atoms in total. The summed E-state index contributed by atoms with van der Waals surface area (Å²) in [4.78, 5) is 10.8. The molecule has 0 atom stereocenters. The lowest BCUT2D eigenvalue weighted by Crippen LogP contribution is -2.12. The molecule has 0 amide bonds. The number of nitrogens with zero attached hydrogens (tertiary/aromatic N) is 4. The second-order valence-electron chi connectivity index (χ2n) is 4.10. The van der Waals surface area contributed by atoms with E-state index in [1.165, 1.54) is 11.8 Å². The Labute approximate surface area is 120 Å². The van der Waals surface area contributed by atoms with Crippen LogP contribution >= 0.6 is 11.8 Å². The highest BCUT2D eigenvalue weighted by atomic mass is 32.2. The number of benzene rings is 1. The highest BCUT2D eigenvalue weighted by Gasteiger charge is 2.10. The van der Waals surface area contributed by atoms with Crippen LogP contribution in [0, 0.1) is 0 Å². The van der Waals surface area contributed by atoms with Crippen LogP contribution in [0.5, 0.6) is 0 Å². The maximum Gasteiger partial charge on any atom is 0.307 e. The van der Waals surface area contributed by atoms with Gasteiger partial charge in [0, 0.05) is 12.3 Å². The molecule has 0 fully saturated rings. The van der Waals surface area contributed by atoms with Crippen LogP contribution in [0.3, 0.4) is 0 Å². The number of carboxylic acid groups (broad SMARTS) is 1. The molecule has 1 heterocycles. The Morgan fingerprint density at radius 3 is 2.80 bits per heavy atom. The van der Waals surface area contributed by atoms with Crippen molar-refractivity contribution in [3.8, 4) is 0 Å². The number of tetrazole rings is 1. The van der Waals surface area contributed by atoms with Gasteiger partial charge in [0.15, 0.2) is 0 Å². The smallest absolute Gasteiger partial charge is 0.307 e. The number of rotatable bonds is 7. The summed E-state index contributed by atoms with van der Waals surface area (Å²) in [6.45, 7) is 1.03. The first-order chi connectivity index (χ1) is 9.70. The fourth-order valence-electron chi connectivity index (χ4n) is 1.74. The average molecular weight is 293 g/mol. The number of nitrogens with two attached hydrogens (primary N) is 1. The maximum absolute atomic E-state index is 10.8. The summed E-state index contributed by atoms with van der Waals surface area (Å²) in [6, 6.07) is 7.48. The van der Waals surface area contributed by atoms with E-state index in [1.807, 2.05) is 24.3 Å². The SMILES string of the molecule is NCCn1nnnc1SCc1ccccc1CC(=O)O. The Hall–Kier alpha value is -1.93. The summed E-state index contributed by atoms with van der Waals surface area (Å²) >= 11 is 1.47. The minimum Gasteiger partial charge on any atom is -0.481 e. The fourth-order valence-corrected chi connectivity index (χ4v) is 2.68. The number of hydrogen-bond acceptors (Lipinski definition) is 6. The third kappa shape index (κ3) is 3.78. The highest BCUT2D eigenvalue weighted by Crippen LogP contribution is 2.22. The largest absolute Gasteiger partial charge is 0.481 e. The van der Waals surface area contributed by atoms with Crippen molar-refractivity contribution < 1.29 is 9.90 Å². The van der Waals surface area contributed by atoms with E-state index in [2.05, 4.69) is 15.5 Å². The van der Waals surface area contributed by atoms with E-state index in [9.17, 15) is 4.79 Å². The molecule has 0 aliphatic carbocycles. The van der Waals surface area contributed by atoms with Crippen LogP contribution in [0.4, 0.5) is 0 Å². The summed E-state index contributed by atoms with van der Waals surface area (Å²) in [5, 5.41) is 21.0. The van der Waals surface area contributed by atoms with Crippen LogP contribution in [0.1, 0.15) is 11.1 Å². The average Bonchev–Trinajstić information content (AvgIpc) is 2.85. The molecular formula is C12H15N5O2S. The van der Waals surface area contributed by atoms with Crippen molar-refractivity contribution in [2.45, 2.75) is 23.9 Å². The summed E-state index contributed by atoms with van der Waals surface area (Å²) in [5.74, 6) is -0.218. The van der Waals surface area contributed by atoms with Gasteiger partial charge in [0.05, 0.1) is 13.0 Å². The van der Waals surface area contributed by atoms with Crippen molar-refractivity contribution in [1.82, 2.24) is 20.2 Å². The number of carboxylic acids is 1. The molecule has 3 N–H and O–H groups in total. The summed E-state index contributed by atoms with van der Waals surface area (Å²) in [5.41, 5.74) is 7.27. The van der Waals surface area contributed by atoms with Crippen LogP contribution in [0.15, 0.2) is 29.4 Å². The van der Waals surface area contributed by atoms with E-state index in [4.69, 9.17) is 10.8 Å². The summed E-state index contributed by atoms with van der Waals surface area (Å²) < 4.78 is 1.64. The zero-order chi connectivity index (χ0) is 14.4. The maximum atomic E-state index is 10.8. The van der Waals surface area contributed by atoms with Gasteiger partial charge < -0.3 is 10.8 Å². The van der Waals surface area contributed by atoms with E-state index >= 15 is 0 Å². The van der Waals surface area contributed by atoms with Gasteiger partial charge in [-0.05, 0) is 21.6 Å². The molecule has 0 bridgehead atoms. The van der Waals surface area contributed by atoms with Crippen molar-refractivity contribution in [3.05, 3.63) is 35.4 Å². The van der Waals surface area contributed by atoms with Gasteiger partial charge in [0.2, 0.25) is 5.16 Å². The van der Waals surface area contributed by atoms with Crippen LogP contribution in [0.2, 0.25) is 0 Å². The minimum atomic E-state index is -0.838. The zero-order valence-corrected chi connectivity index (χ0v) is 11.6. The first-order valence-electron chi connectivity index (χ1n) is 6.08. The molecule has 0 saturated carbocycles. The fraction of sp³-hybridized carbons (Fsp3) is 0.333. The molecule has 2 rings (SSSR count). The normalized spacial score (nSPS) is 10.7. The topological polar surface area (TPSA) is 107 Å². The van der Waals surface area contributed by atoms with Gasteiger partial charge in [-0.25, -0.2) is 4.68 Å². The van der Waals surface area contributed by atoms with E-state index in [0.29, 0.717) is 24.0 Å². The Balaban J connectivity index is 2.06. The number of hydrogen-bond donors (Lipinski definition) is 2. The minimum absolute atomic E-state index is 0.0183. The second-order valence-corrected chi connectivity index (χ2v) is 5.04. The van der Waals surface area contributed by atoms with E-state index in [1.54, 1.807) is 4.68 Å². The predicted molar refractivity (Wildman–Crippen MR) is 74.2 cm³/mol. The Kier molecular flexibility index (Phi) is 5.08. The second kappa shape index (κ2) is 7.01. The summed E-state index contributed by atoms with van der Waals surface area (Å²) in [7, 11) is 0. The molecule has 106 valence electrons. The molecule has 0 aliphatic heterocycles. The van der Waals surface area contributed by atoms with Crippen LogP contribution in [0.25, 0.3) is 0 Å². The van der Waals surface area contributed by atoms with Crippen molar-refractivity contribution in [2.75, 3.05) is 6.54 Å². The number of aromatic nitrogens is 4. The Bertz CT molecular complexity index is 587. The third-order valence-electron chi connectivity index (χ3n) is 2.66. The van der Waals surface area contributed by atoms with E-state index in [0.717, 1.165) is 11.1 Å². The van der Waals surface area contributed by atoms with Crippen molar-refractivity contribution in [2.24, 2.45) is 5.73 Å². The summed E-state index contributed by atoms with van der Waals surface area (Å²) in [6.07, 6.45) is 0.0183. The molecule has 8 heteroatoms. The van der Waals surface area contributed by atoms with E-state index in [-0.39, 0.29) is 6.42 Å². The lowest BCUT2D eigenvalue weighted by atomic mass is 10.1. The molecule has 1 aromatic heterocycles. The van der Waals surface area contributed by atoms with Crippen molar-refractivity contribution in [1.29, 1.82) is 0 Å². The monoisotopic (exact) mass is 293 g/mol. The lowest BCUT2D eigenvalue weighted by Gasteiger charge is -2.07. The third-order valence-corrected chi connectivity index (χ3v) is 3.66. The molecule has 1 aromatic carbocycles. The van der Waals surface area contributed by atoms with Crippen LogP contribution in [-0.2, 0) is 23.5 Å². The zero-order valence-electron chi connectivity index (χ0n) is 10.8. The Morgan fingerprint density at radius 1 is 1.35 bits per heavy atom. The number of thioether (sulfide) groups is 1. The van der Waals surface area contributed by atoms with Gasteiger partial charge in [-0.3, -0.25) is 4.79 Å². The van der Waals surface area contributed by atoms with Gasteiger partial charge in [0.1, 0.15) is 0 Å². The first-order valence-corrected chi connectivity index (χ1v) is 7.07. The molecule has 0 radical (unpaired) electrons. The van der Waals surface area contributed by atoms with E-state index < -0.39 is 5.97 Å². The molecule has 0 saturated heterocycles. The van der Waals surface area contributed by atoms with Crippen molar-refractivity contribution in [3.63, 3.8) is 0 Å². The molecule has 2 aromatic rings. The molecular weight excluding hydrogens is 278 g/mol. The van der Waals surface area contributed by atoms with Crippen LogP contribution in [-0.4, -0.2) is 37.8 Å². The number of aliphatic carboxylic acids is 1. The van der Waals surface area contributed by atoms with Gasteiger partial charge in [-0.1, -0.05) is 36.0 Å². The van der Waals surface area contributed by atoms with Crippen LogP contribution < -0.4 is 5.73 Å². The molecule has 0 aliphatic rings. The van der Waals surface area contributed by atoms with Gasteiger partial charge in [-0.2, -0.15) is 0 Å². The Morgan fingerprint density at radius 2 is 2.10 bits per heavy atom. The van der Waals surface area contributed by atoms with Crippen molar-refractivity contribution >= 4 is 17.7 Å². The standard InChI is InChI=1S/C12H15N5O2S/c13-5-6-17-12(14-15-16-17)20-8-10-4-2-1-3-9(10)7-11(18)19/h1-4H,5-8,13H2,(H,18,19). The van der Waals surface area contributed by atoms with Gasteiger partial charge in [0.25, 0.3) is 0 Å². The molecule has 0 unspecified atom stereocenters. The van der Waals surface area contributed by atoms with Gasteiger partial charge in [-0.15, -0.1) is 5.10 Å².